The number of para-hydroxylation sites is 1. The highest BCUT2D eigenvalue weighted by Gasteiger charge is 2.39. The van der Waals surface area contributed by atoms with Gasteiger partial charge in [-0.2, -0.15) is 0 Å². The fourth-order valence-electron chi connectivity index (χ4n) is 6.78. The molecule has 0 saturated heterocycles. The van der Waals surface area contributed by atoms with Gasteiger partial charge in [-0.15, -0.1) is 0 Å². The van der Waals surface area contributed by atoms with E-state index in [1.54, 1.807) is 6.92 Å². The molecule has 0 radical (unpaired) electrons. The zero-order valence-electron chi connectivity index (χ0n) is 29.0. The highest BCUT2D eigenvalue weighted by Crippen LogP contribution is 2.46. The van der Waals surface area contributed by atoms with E-state index in [9.17, 15) is 9.90 Å². The van der Waals surface area contributed by atoms with Gasteiger partial charge in [-0.3, -0.25) is 4.79 Å². The normalized spacial score (nSPS) is 14.6. The lowest BCUT2D eigenvalue weighted by atomic mass is 9.83. The molecule has 1 N–H and O–H groups in total. The molecular formula is C41H51N3O2. The maximum absolute atomic E-state index is 11.3. The molecular weight excluding hydrogens is 566 g/mol. The Balaban J connectivity index is 0.000000210. The lowest BCUT2D eigenvalue weighted by molar-refractivity contribution is -0.138. The lowest BCUT2D eigenvalue weighted by Crippen LogP contribution is -2.42. The van der Waals surface area contributed by atoms with Crippen molar-refractivity contribution in [2.75, 3.05) is 33.1 Å². The van der Waals surface area contributed by atoms with Crippen molar-refractivity contribution >= 4 is 17.2 Å². The van der Waals surface area contributed by atoms with Crippen molar-refractivity contribution in [2.24, 2.45) is 5.92 Å². The van der Waals surface area contributed by atoms with Gasteiger partial charge in [-0.1, -0.05) is 117 Å². The second-order valence-electron chi connectivity index (χ2n) is 13.2. The van der Waals surface area contributed by atoms with E-state index in [0.29, 0.717) is 18.0 Å². The Labute approximate surface area is 276 Å². The van der Waals surface area contributed by atoms with Crippen LogP contribution in [-0.4, -0.2) is 61.2 Å². The summed E-state index contributed by atoms with van der Waals surface area (Å²) in [6.07, 6.45) is 0. The molecule has 46 heavy (non-hydrogen) atoms. The Hall–Kier alpha value is -4.51. The summed E-state index contributed by atoms with van der Waals surface area (Å²) in [5.41, 5.74) is 8.54. The van der Waals surface area contributed by atoms with Crippen LogP contribution >= 0.6 is 0 Å². The highest BCUT2D eigenvalue weighted by atomic mass is 16.4. The summed E-state index contributed by atoms with van der Waals surface area (Å²) >= 11 is 0. The van der Waals surface area contributed by atoms with Crippen LogP contribution in [0.2, 0.25) is 0 Å². The summed E-state index contributed by atoms with van der Waals surface area (Å²) < 4.78 is 0. The Morgan fingerprint density at radius 1 is 0.652 bits per heavy atom. The lowest BCUT2D eigenvalue weighted by Gasteiger charge is -2.36. The summed E-state index contributed by atoms with van der Waals surface area (Å²) in [6, 6.07) is 38.3. The summed E-state index contributed by atoms with van der Waals surface area (Å²) in [4.78, 5) is 18.4. The number of hydrogen-bond donors (Lipinski definition) is 1. The molecule has 1 aliphatic rings. The highest BCUT2D eigenvalue weighted by molar-refractivity contribution is 5.89. The monoisotopic (exact) mass is 617 g/mol. The van der Waals surface area contributed by atoms with Gasteiger partial charge in [0.1, 0.15) is 5.82 Å². The van der Waals surface area contributed by atoms with Crippen LogP contribution in [0.15, 0.2) is 115 Å². The van der Waals surface area contributed by atoms with Gasteiger partial charge in [0.2, 0.25) is 0 Å². The van der Waals surface area contributed by atoms with Gasteiger partial charge in [0.05, 0.1) is 12.0 Å². The third-order valence-corrected chi connectivity index (χ3v) is 8.72. The number of aliphatic carboxylic acids is 1. The molecule has 0 bridgehead atoms. The number of benzene rings is 4. The summed E-state index contributed by atoms with van der Waals surface area (Å²) in [7, 11) is 8.56. The molecule has 5 nitrogen and oxygen atoms in total. The molecule has 5 rings (SSSR count). The third kappa shape index (κ3) is 7.47. The smallest absolute Gasteiger partial charge is 0.310 e. The van der Waals surface area contributed by atoms with Crippen LogP contribution in [0.5, 0.6) is 0 Å². The molecule has 0 amide bonds. The Morgan fingerprint density at radius 3 is 1.61 bits per heavy atom. The van der Waals surface area contributed by atoms with E-state index in [4.69, 9.17) is 0 Å². The number of carboxylic acid groups (broad SMARTS) is 1. The SMILES string of the molecule is CC(C(=O)O)c1cccc(C(c2ccccc2)c2ccccc2)c1.CC(C)C1C(=C(N(C)C)N(C)C)c2ccccc2N1C(C)C. The topological polar surface area (TPSA) is 47.0 Å². The van der Waals surface area contributed by atoms with E-state index in [2.05, 4.69) is 125 Å². The largest absolute Gasteiger partial charge is 0.481 e. The predicted octanol–water partition coefficient (Wildman–Crippen LogP) is 8.79. The minimum absolute atomic E-state index is 0.0911. The molecule has 4 aromatic rings. The van der Waals surface area contributed by atoms with Gasteiger partial charge in [-0.25, -0.2) is 0 Å². The molecule has 2 atom stereocenters. The van der Waals surface area contributed by atoms with Crippen LogP contribution in [-0.2, 0) is 4.79 Å². The zero-order valence-corrected chi connectivity index (χ0v) is 29.0. The first kappa shape index (κ1) is 34.4. The van der Waals surface area contributed by atoms with E-state index in [0.717, 1.165) is 11.1 Å². The minimum Gasteiger partial charge on any atom is -0.481 e. The fraction of sp³-hybridized carbons (Fsp3) is 0.341. The molecule has 0 saturated carbocycles. The molecule has 1 heterocycles. The Bertz CT molecular complexity index is 1560. The maximum atomic E-state index is 11.3. The number of hydrogen-bond acceptors (Lipinski definition) is 4. The van der Waals surface area contributed by atoms with Crippen molar-refractivity contribution in [3.05, 3.63) is 143 Å². The molecule has 0 spiro atoms. The predicted molar refractivity (Wildman–Crippen MR) is 193 cm³/mol. The summed E-state index contributed by atoms with van der Waals surface area (Å²) in [5, 5.41) is 9.30. The van der Waals surface area contributed by atoms with Crippen LogP contribution < -0.4 is 4.90 Å². The Morgan fingerprint density at radius 2 is 1.13 bits per heavy atom. The number of fused-ring (bicyclic) bond motifs is 1. The minimum atomic E-state index is -0.803. The maximum Gasteiger partial charge on any atom is 0.310 e. The number of carbonyl (C=O) groups is 1. The van der Waals surface area contributed by atoms with Crippen molar-refractivity contribution < 1.29 is 9.90 Å². The first-order valence-electron chi connectivity index (χ1n) is 16.3. The molecule has 242 valence electrons. The molecule has 4 aromatic carbocycles. The van der Waals surface area contributed by atoms with Gasteiger partial charge >= 0.3 is 5.97 Å². The molecule has 0 aliphatic carbocycles. The van der Waals surface area contributed by atoms with Gasteiger partial charge in [0.15, 0.2) is 0 Å². The molecule has 0 fully saturated rings. The van der Waals surface area contributed by atoms with E-state index in [1.165, 1.54) is 33.8 Å². The van der Waals surface area contributed by atoms with Gasteiger partial charge in [0.25, 0.3) is 0 Å². The van der Waals surface area contributed by atoms with E-state index in [-0.39, 0.29) is 5.92 Å². The Kier molecular flexibility index (Phi) is 11.3. The molecule has 0 aromatic heterocycles. The van der Waals surface area contributed by atoms with Crippen LogP contribution in [0.25, 0.3) is 5.57 Å². The zero-order chi connectivity index (χ0) is 33.5. The first-order chi connectivity index (χ1) is 21.9. The van der Waals surface area contributed by atoms with Crippen LogP contribution in [0.1, 0.15) is 74.3 Å². The summed E-state index contributed by atoms with van der Waals surface area (Å²) in [5.74, 6) is 0.627. The van der Waals surface area contributed by atoms with Crippen molar-refractivity contribution in [1.29, 1.82) is 0 Å². The van der Waals surface area contributed by atoms with Crippen LogP contribution in [0, 0.1) is 5.92 Å². The third-order valence-electron chi connectivity index (χ3n) is 8.72. The van der Waals surface area contributed by atoms with Crippen molar-refractivity contribution in [2.45, 2.75) is 58.5 Å². The standard InChI is InChI=1S/C22H20O2.C19H31N3/c1-16(22(23)24)19-13-8-14-20(15-19)21(17-9-4-2-5-10-17)18-11-6-3-7-12-18;1-13(2)18-17(19(20(5)6)21(7)8)15-11-9-10-12-16(15)22(18)14(3)4/h2-16,21H,1H3,(H,23,24);9-14,18H,1-8H3. The average Bonchev–Trinajstić information content (AvgIpc) is 3.37. The van der Waals surface area contributed by atoms with Crippen molar-refractivity contribution in [3.63, 3.8) is 0 Å². The van der Waals surface area contributed by atoms with E-state index in [1.807, 2.05) is 54.6 Å². The second kappa shape index (κ2) is 15.2. The molecule has 1 aliphatic heterocycles. The molecule has 5 heteroatoms. The van der Waals surface area contributed by atoms with Gasteiger partial charge in [0, 0.05) is 57.0 Å². The van der Waals surface area contributed by atoms with Crippen LogP contribution in [0.4, 0.5) is 5.69 Å². The number of nitrogens with zero attached hydrogens (tertiary/aromatic N) is 3. The fourth-order valence-corrected chi connectivity index (χ4v) is 6.78. The van der Waals surface area contributed by atoms with Crippen molar-refractivity contribution in [1.82, 2.24) is 9.80 Å². The quantitative estimate of drug-likeness (QED) is 0.190. The van der Waals surface area contributed by atoms with E-state index >= 15 is 0 Å². The average molecular weight is 618 g/mol. The number of carboxylic acids is 1. The number of anilines is 1. The van der Waals surface area contributed by atoms with Gasteiger partial charge < -0.3 is 19.8 Å². The van der Waals surface area contributed by atoms with E-state index < -0.39 is 11.9 Å². The number of rotatable bonds is 9. The van der Waals surface area contributed by atoms with Gasteiger partial charge in [-0.05, 0) is 55.0 Å². The molecule has 2 unspecified atom stereocenters. The first-order valence-corrected chi connectivity index (χ1v) is 16.3. The van der Waals surface area contributed by atoms with Crippen LogP contribution in [0.3, 0.4) is 0 Å². The summed E-state index contributed by atoms with van der Waals surface area (Å²) in [6.45, 7) is 11.0. The second-order valence-corrected chi connectivity index (χ2v) is 13.2. The van der Waals surface area contributed by atoms with Crippen molar-refractivity contribution in [3.8, 4) is 0 Å².